The van der Waals surface area contributed by atoms with Crippen LogP contribution in [0.25, 0.3) is 21.6 Å². The predicted molar refractivity (Wildman–Crippen MR) is 116 cm³/mol. The fourth-order valence-corrected chi connectivity index (χ4v) is 4.22. The molecule has 7 nitrogen and oxygen atoms in total. The number of thiophene rings is 1. The number of aryl methyl sites for hydroxylation is 2. The quantitative estimate of drug-likeness (QED) is 0.446. The van der Waals surface area contributed by atoms with Gasteiger partial charge in [0.25, 0.3) is 11.8 Å². The van der Waals surface area contributed by atoms with Crippen LogP contribution in [-0.4, -0.2) is 26.6 Å². The van der Waals surface area contributed by atoms with E-state index in [9.17, 15) is 9.59 Å². The van der Waals surface area contributed by atoms with Gasteiger partial charge in [0, 0.05) is 11.5 Å². The number of carbonyl (C=O) groups excluding carboxylic acids is 2. The molecule has 0 aliphatic carbocycles. The Morgan fingerprint density at radius 2 is 1.79 bits per heavy atom. The highest BCUT2D eigenvalue weighted by Crippen LogP contribution is 2.29. The lowest BCUT2D eigenvalue weighted by molar-refractivity contribution is 0.0847. The average molecular weight is 470 g/mol. The summed E-state index contributed by atoms with van der Waals surface area (Å²) in [6.07, 6.45) is 0. The molecule has 0 aliphatic heterocycles. The van der Waals surface area contributed by atoms with Gasteiger partial charge < -0.3 is 0 Å². The van der Waals surface area contributed by atoms with Crippen molar-refractivity contribution >= 4 is 50.1 Å². The van der Waals surface area contributed by atoms with E-state index in [2.05, 4.69) is 36.9 Å². The number of carbonyl (C=O) groups is 2. The van der Waals surface area contributed by atoms with Crippen molar-refractivity contribution in [2.45, 2.75) is 6.92 Å². The number of nitrogens with zero attached hydrogens (tertiary/aromatic N) is 3. The van der Waals surface area contributed by atoms with Crippen molar-refractivity contribution in [2.24, 2.45) is 7.05 Å². The molecule has 3 aromatic heterocycles. The number of rotatable bonds is 3. The van der Waals surface area contributed by atoms with Crippen LogP contribution in [0.15, 0.2) is 52.3 Å². The lowest BCUT2D eigenvalue weighted by Crippen LogP contribution is -2.41. The Bertz CT molecular complexity index is 1230. The van der Waals surface area contributed by atoms with Crippen molar-refractivity contribution in [3.8, 4) is 10.6 Å². The molecule has 0 aliphatic rings. The molecule has 0 saturated heterocycles. The summed E-state index contributed by atoms with van der Waals surface area (Å²) in [5.41, 5.74) is 7.77. The summed E-state index contributed by atoms with van der Waals surface area (Å²) in [4.78, 5) is 31.0. The smallest absolute Gasteiger partial charge is 0.267 e. The molecule has 0 atom stereocenters. The van der Waals surface area contributed by atoms with Gasteiger partial charge >= 0.3 is 0 Å². The normalized spacial score (nSPS) is 10.9. The summed E-state index contributed by atoms with van der Waals surface area (Å²) < 4.78 is 2.29. The molecule has 2 amide bonds. The summed E-state index contributed by atoms with van der Waals surface area (Å²) in [6.45, 7) is 1.82. The standard InChI is InChI=1S/C20H16BrN5O2S/c1-11-17-13(20(28)24-23-19(27)12-6-3-4-7-14(12)21)10-15(16-8-5-9-29-16)22-18(17)26(2)25-11/h3-10H,1-2H3,(H,23,27)(H,24,28). The Labute approximate surface area is 178 Å². The van der Waals surface area contributed by atoms with Crippen LogP contribution in [0.1, 0.15) is 26.4 Å². The van der Waals surface area contributed by atoms with Crippen LogP contribution < -0.4 is 10.9 Å². The van der Waals surface area contributed by atoms with Gasteiger partial charge in [-0.2, -0.15) is 5.10 Å². The van der Waals surface area contributed by atoms with Gasteiger partial charge in [0.1, 0.15) is 0 Å². The van der Waals surface area contributed by atoms with Gasteiger partial charge in [-0.1, -0.05) is 18.2 Å². The van der Waals surface area contributed by atoms with Gasteiger partial charge in [0.05, 0.1) is 32.8 Å². The minimum absolute atomic E-state index is 0.399. The van der Waals surface area contributed by atoms with Gasteiger partial charge in [0.2, 0.25) is 0 Å². The third kappa shape index (κ3) is 3.66. The van der Waals surface area contributed by atoms with Crippen LogP contribution in [0.5, 0.6) is 0 Å². The second-order valence-electron chi connectivity index (χ2n) is 6.33. The molecule has 146 valence electrons. The Morgan fingerprint density at radius 1 is 1.07 bits per heavy atom. The molecular formula is C20H16BrN5O2S. The molecular weight excluding hydrogens is 454 g/mol. The van der Waals surface area contributed by atoms with E-state index >= 15 is 0 Å². The molecule has 9 heteroatoms. The van der Waals surface area contributed by atoms with E-state index < -0.39 is 11.8 Å². The number of aromatic nitrogens is 3. The van der Waals surface area contributed by atoms with E-state index in [4.69, 9.17) is 0 Å². The molecule has 0 saturated carbocycles. The van der Waals surface area contributed by atoms with Crippen LogP contribution >= 0.6 is 27.3 Å². The van der Waals surface area contributed by atoms with Crippen LogP contribution in [0, 0.1) is 6.92 Å². The predicted octanol–water partition coefficient (Wildman–Crippen LogP) is 3.84. The topological polar surface area (TPSA) is 88.9 Å². The van der Waals surface area contributed by atoms with Crippen molar-refractivity contribution in [3.63, 3.8) is 0 Å². The van der Waals surface area contributed by atoms with Gasteiger partial charge in [0.15, 0.2) is 5.65 Å². The summed E-state index contributed by atoms with van der Waals surface area (Å²) >= 11 is 4.87. The van der Waals surface area contributed by atoms with Gasteiger partial charge in [-0.3, -0.25) is 25.1 Å². The second-order valence-corrected chi connectivity index (χ2v) is 8.13. The maximum atomic E-state index is 13.0. The van der Waals surface area contributed by atoms with Crippen LogP contribution in [-0.2, 0) is 7.05 Å². The Hall–Kier alpha value is -3.04. The number of benzene rings is 1. The number of nitrogens with one attached hydrogen (secondary N) is 2. The Kier molecular flexibility index (Phi) is 5.16. The first-order chi connectivity index (χ1) is 14.0. The molecule has 0 radical (unpaired) electrons. The molecule has 0 unspecified atom stereocenters. The highest BCUT2D eigenvalue weighted by Gasteiger charge is 2.20. The zero-order chi connectivity index (χ0) is 20.5. The molecule has 4 rings (SSSR count). The number of hydrogen-bond acceptors (Lipinski definition) is 5. The first-order valence-corrected chi connectivity index (χ1v) is 10.4. The SMILES string of the molecule is Cc1nn(C)c2nc(-c3cccs3)cc(C(=O)NNC(=O)c3ccccc3Br)c12. The lowest BCUT2D eigenvalue weighted by atomic mass is 10.1. The number of amides is 2. The van der Waals surface area contributed by atoms with Crippen LogP contribution in [0.3, 0.4) is 0 Å². The molecule has 3 heterocycles. The summed E-state index contributed by atoms with van der Waals surface area (Å²) in [5, 5.41) is 7.00. The molecule has 0 spiro atoms. The van der Waals surface area contributed by atoms with Crippen LogP contribution in [0.2, 0.25) is 0 Å². The van der Waals surface area contributed by atoms with E-state index in [-0.39, 0.29) is 0 Å². The van der Waals surface area contributed by atoms with Crippen LogP contribution in [0.4, 0.5) is 0 Å². The monoisotopic (exact) mass is 469 g/mol. The van der Waals surface area contributed by atoms with E-state index in [1.54, 1.807) is 36.0 Å². The number of hydrogen-bond donors (Lipinski definition) is 2. The Balaban J connectivity index is 1.68. The minimum Gasteiger partial charge on any atom is -0.267 e. The number of pyridine rings is 1. The molecule has 0 fully saturated rings. The molecule has 0 bridgehead atoms. The van der Waals surface area contributed by atoms with Crippen molar-refractivity contribution in [3.05, 3.63) is 69.1 Å². The fraction of sp³-hybridized carbons (Fsp3) is 0.100. The van der Waals surface area contributed by atoms with Gasteiger partial charge in [-0.15, -0.1) is 11.3 Å². The van der Waals surface area contributed by atoms with Crippen molar-refractivity contribution in [2.75, 3.05) is 0 Å². The zero-order valence-electron chi connectivity index (χ0n) is 15.6. The summed E-state index contributed by atoms with van der Waals surface area (Å²) in [6, 6.07) is 12.6. The third-order valence-electron chi connectivity index (χ3n) is 4.39. The summed E-state index contributed by atoms with van der Waals surface area (Å²) in [7, 11) is 1.79. The third-order valence-corrected chi connectivity index (χ3v) is 5.98. The van der Waals surface area contributed by atoms with Gasteiger partial charge in [-0.05, 0) is 52.5 Å². The molecule has 4 aromatic rings. The minimum atomic E-state index is -0.438. The molecule has 2 N–H and O–H groups in total. The van der Waals surface area contributed by atoms with E-state index in [1.165, 1.54) is 11.3 Å². The molecule has 29 heavy (non-hydrogen) atoms. The number of fused-ring (bicyclic) bond motifs is 1. The first kappa shape index (κ1) is 19.3. The lowest BCUT2D eigenvalue weighted by Gasteiger charge is -2.10. The second kappa shape index (κ2) is 7.76. The average Bonchev–Trinajstić information content (AvgIpc) is 3.34. The van der Waals surface area contributed by atoms with E-state index in [0.29, 0.717) is 38.0 Å². The zero-order valence-corrected chi connectivity index (χ0v) is 18.0. The first-order valence-electron chi connectivity index (χ1n) is 8.69. The van der Waals surface area contributed by atoms with Crippen molar-refractivity contribution < 1.29 is 9.59 Å². The largest absolute Gasteiger partial charge is 0.270 e. The maximum absolute atomic E-state index is 13.0. The van der Waals surface area contributed by atoms with Crippen molar-refractivity contribution in [1.29, 1.82) is 0 Å². The van der Waals surface area contributed by atoms with Crippen molar-refractivity contribution in [1.82, 2.24) is 25.6 Å². The van der Waals surface area contributed by atoms with E-state index in [1.807, 2.05) is 30.5 Å². The maximum Gasteiger partial charge on any atom is 0.270 e. The number of halogens is 1. The van der Waals surface area contributed by atoms with E-state index in [0.717, 1.165) is 4.88 Å². The Morgan fingerprint density at radius 3 is 2.48 bits per heavy atom. The number of hydrazine groups is 1. The highest BCUT2D eigenvalue weighted by molar-refractivity contribution is 9.10. The highest BCUT2D eigenvalue weighted by atomic mass is 79.9. The fourth-order valence-electron chi connectivity index (χ4n) is 3.07. The molecule has 1 aromatic carbocycles. The summed E-state index contributed by atoms with van der Waals surface area (Å²) in [5.74, 6) is -0.857. The van der Waals surface area contributed by atoms with Gasteiger partial charge in [-0.25, -0.2) is 4.98 Å².